The van der Waals surface area contributed by atoms with Crippen molar-refractivity contribution in [2.75, 3.05) is 0 Å². The Kier molecular flexibility index (Phi) is 8.66. The van der Waals surface area contributed by atoms with Crippen molar-refractivity contribution < 1.29 is 9.15 Å². The minimum atomic E-state index is -0.728. The molecule has 7 nitrogen and oxygen atoms in total. The smallest absolute Gasteiger partial charge is 0.180 e. The Labute approximate surface area is 397 Å². The molecule has 0 radical (unpaired) electrons. The number of fused-ring (bicyclic) bond motifs is 12. The van der Waals surface area contributed by atoms with Crippen molar-refractivity contribution in [1.29, 1.82) is 0 Å². The maximum absolute atomic E-state index is 6.75. The molecule has 9 aromatic carbocycles. The van der Waals surface area contributed by atoms with Crippen LogP contribution >= 0.6 is 0 Å². The summed E-state index contributed by atoms with van der Waals surface area (Å²) < 4.78 is 13.2. The van der Waals surface area contributed by atoms with Gasteiger partial charge in [0.1, 0.15) is 28.3 Å². The molecule has 1 aliphatic carbocycles. The number of hydrogen-bond acceptors (Lipinski definition) is 7. The first-order valence-electron chi connectivity index (χ1n) is 23.1. The van der Waals surface area contributed by atoms with Crippen molar-refractivity contribution in [3.8, 4) is 90.6 Å². The zero-order chi connectivity index (χ0) is 45.5. The van der Waals surface area contributed by atoms with Gasteiger partial charge in [-0.25, -0.2) is 24.9 Å². The van der Waals surface area contributed by atoms with Crippen LogP contribution in [0.3, 0.4) is 0 Å². The van der Waals surface area contributed by atoms with Crippen LogP contribution in [0.5, 0.6) is 11.5 Å². The summed E-state index contributed by atoms with van der Waals surface area (Å²) in [6, 6.07) is 77.5. The van der Waals surface area contributed by atoms with E-state index in [-0.39, 0.29) is 0 Å². The van der Waals surface area contributed by atoms with Crippen LogP contribution in [0.25, 0.3) is 101 Å². The fraction of sp³-hybridized carbons (Fsp3) is 0.0161. The normalized spacial score (nSPS) is 12.9. The Morgan fingerprint density at radius 1 is 0.333 bits per heavy atom. The van der Waals surface area contributed by atoms with Gasteiger partial charge in [0.2, 0.25) is 0 Å². The molecule has 0 fully saturated rings. The highest BCUT2D eigenvalue weighted by Crippen LogP contribution is 2.64. The lowest BCUT2D eigenvalue weighted by Crippen LogP contribution is -2.32. The van der Waals surface area contributed by atoms with Crippen molar-refractivity contribution in [1.82, 2.24) is 24.9 Å². The van der Waals surface area contributed by atoms with Gasteiger partial charge >= 0.3 is 0 Å². The Morgan fingerprint density at radius 3 is 1.51 bits per heavy atom. The highest BCUT2D eigenvalue weighted by Gasteiger charge is 2.52. The topological polar surface area (TPSA) is 86.8 Å². The van der Waals surface area contributed by atoms with Gasteiger partial charge in [-0.2, -0.15) is 0 Å². The highest BCUT2D eigenvalue weighted by atomic mass is 16.5. The molecule has 69 heavy (non-hydrogen) atoms. The highest BCUT2D eigenvalue weighted by molar-refractivity contribution is 6.07. The van der Waals surface area contributed by atoms with Crippen molar-refractivity contribution >= 4 is 22.1 Å². The molecule has 4 heterocycles. The summed E-state index contributed by atoms with van der Waals surface area (Å²) in [5.74, 6) is 4.13. The van der Waals surface area contributed by atoms with Gasteiger partial charge in [-0.3, -0.25) is 0 Å². The van der Waals surface area contributed by atoms with E-state index in [0.29, 0.717) is 28.9 Å². The second-order valence-electron chi connectivity index (χ2n) is 17.5. The fourth-order valence-electron chi connectivity index (χ4n) is 10.6. The molecule has 1 spiro atoms. The molecule has 14 rings (SSSR count). The van der Waals surface area contributed by atoms with E-state index in [9.17, 15) is 0 Å². The van der Waals surface area contributed by atoms with Gasteiger partial charge in [-0.05, 0) is 63.7 Å². The Balaban J connectivity index is 0.971. The third-order valence-electron chi connectivity index (χ3n) is 13.6. The zero-order valence-corrected chi connectivity index (χ0v) is 36.9. The van der Waals surface area contributed by atoms with Crippen LogP contribution in [0.1, 0.15) is 22.3 Å². The van der Waals surface area contributed by atoms with Crippen LogP contribution in [0.2, 0.25) is 0 Å². The number of benzene rings is 9. The van der Waals surface area contributed by atoms with E-state index >= 15 is 0 Å². The first-order valence-corrected chi connectivity index (χ1v) is 23.1. The molecule has 0 bridgehead atoms. The Bertz CT molecular complexity index is 3880. The number of ether oxygens (including phenoxy) is 1. The number of rotatable bonds is 6. The molecule has 1 aliphatic heterocycles. The second kappa shape index (κ2) is 15.4. The maximum Gasteiger partial charge on any atom is 0.180 e. The summed E-state index contributed by atoms with van der Waals surface area (Å²) in [7, 11) is 0. The van der Waals surface area contributed by atoms with Crippen LogP contribution in [-0.2, 0) is 5.41 Å². The third-order valence-corrected chi connectivity index (χ3v) is 13.6. The van der Waals surface area contributed by atoms with Gasteiger partial charge < -0.3 is 9.15 Å². The van der Waals surface area contributed by atoms with E-state index in [1.165, 1.54) is 5.56 Å². The first kappa shape index (κ1) is 38.9. The number of aromatic nitrogens is 5. The van der Waals surface area contributed by atoms with Crippen molar-refractivity contribution in [3.05, 3.63) is 247 Å². The summed E-state index contributed by atoms with van der Waals surface area (Å²) in [5.41, 5.74) is 15.8. The molecular formula is C62H37N5O2. The van der Waals surface area contributed by atoms with Crippen LogP contribution < -0.4 is 4.74 Å². The monoisotopic (exact) mass is 883 g/mol. The number of nitrogens with zero attached hydrogens (tertiary/aromatic N) is 5. The fourth-order valence-corrected chi connectivity index (χ4v) is 10.6. The summed E-state index contributed by atoms with van der Waals surface area (Å²) in [6.45, 7) is 0. The van der Waals surface area contributed by atoms with Gasteiger partial charge in [0.15, 0.2) is 28.9 Å². The SMILES string of the molecule is c1ccc(-c2nc(-c3ccccc3)nc(-c3ccc4c(c3)-c3cccc(-c5ccc(-c6nc(-c7ccccc7)c7oc8ccccc8c7n6)cc5)c3C43c4ccccc4Oc4ccccc43)n2)cc1. The van der Waals surface area contributed by atoms with Crippen LogP contribution in [0.15, 0.2) is 229 Å². The van der Waals surface area contributed by atoms with E-state index in [0.717, 1.165) is 100 Å². The lowest BCUT2D eigenvalue weighted by Gasteiger charge is -2.40. The molecule has 2 aliphatic rings. The molecule has 322 valence electrons. The number of hydrogen-bond donors (Lipinski definition) is 0. The van der Waals surface area contributed by atoms with Gasteiger partial charge in [0.05, 0.1) is 5.41 Å². The molecule has 12 aromatic rings. The number of para-hydroxylation sites is 3. The Hall–Kier alpha value is -9.33. The van der Waals surface area contributed by atoms with E-state index < -0.39 is 5.41 Å². The van der Waals surface area contributed by atoms with E-state index in [1.807, 2.05) is 97.1 Å². The summed E-state index contributed by atoms with van der Waals surface area (Å²) in [4.78, 5) is 25.6. The van der Waals surface area contributed by atoms with Crippen molar-refractivity contribution in [2.24, 2.45) is 0 Å². The van der Waals surface area contributed by atoms with Crippen molar-refractivity contribution in [3.63, 3.8) is 0 Å². The summed E-state index contributed by atoms with van der Waals surface area (Å²) in [5, 5.41) is 0.957. The minimum Gasteiger partial charge on any atom is -0.457 e. The minimum absolute atomic E-state index is 0.603. The Morgan fingerprint density at radius 2 is 0.841 bits per heavy atom. The van der Waals surface area contributed by atoms with E-state index in [4.69, 9.17) is 34.1 Å². The quantitative estimate of drug-likeness (QED) is 0.164. The predicted octanol–water partition coefficient (Wildman–Crippen LogP) is 15.0. The molecular weight excluding hydrogens is 847 g/mol. The summed E-state index contributed by atoms with van der Waals surface area (Å²) >= 11 is 0. The van der Waals surface area contributed by atoms with Gasteiger partial charge in [-0.1, -0.05) is 194 Å². The predicted molar refractivity (Wildman–Crippen MR) is 273 cm³/mol. The first-order chi connectivity index (χ1) is 34.2. The standard InChI is InChI=1S/C62H37N5O2/c1-4-17-39(18-5-1)55-57-56(46-23-10-13-28-51(46)69-57)64-58(63-55)42-33-31-38(32-34-42)44-24-16-25-45-47-37-43(61-66-59(40-19-6-2-7-20-40)65-60(67-61)41-21-8-3-9-22-41)35-36-48(47)62(54(44)45)49-26-11-14-29-52(49)68-53-30-15-12-27-50(53)62/h1-37H. The van der Waals surface area contributed by atoms with E-state index in [1.54, 1.807) is 0 Å². The van der Waals surface area contributed by atoms with Crippen LogP contribution in [0.4, 0.5) is 0 Å². The molecule has 0 saturated carbocycles. The third kappa shape index (κ3) is 6.04. The molecule has 0 atom stereocenters. The summed E-state index contributed by atoms with van der Waals surface area (Å²) in [6.07, 6.45) is 0. The average molecular weight is 884 g/mol. The molecule has 0 saturated heterocycles. The maximum atomic E-state index is 6.75. The lowest BCUT2D eigenvalue weighted by molar-refractivity contribution is 0.436. The van der Waals surface area contributed by atoms with Gasteiger partial charge in [0.25, 0.3) is 0 Å². The molecule has 0 amide bonds. The molecule has 0 unspecified atom stereocenters. The van der Waals surface area contributed by atoms with Gasteiger partial charge in [0, 0.05) is 44.3 Å². The van der Waals surface area contributed by atoms with Crippen molar-refractivity contribution in [2.45, 2.75) is 5.41 Å². The molecule has 0 N–H and O–H groups in total. The largest absolute Gasteiger partial charge is 0.457 e. The molecule has 7 heteroatoms. The zero-order valence-electron chi connectivity index (χ0n) is 36.9. The average Bonchev–Trinajstić information content (AvgIpc) is 3.95. The second-order valence-corrected chi connectivity index (χ2v) is 17.5. The van der Waals surface area contributed by atoms with Crippen LogP contribution in [0, 0.1) is 0 Å². The van der Waals surface area contributed by atoms with Crippen LogP contribution in [-0.4, -0.2) is 24.9 Å². The molecule has 3 aromatic heterocycles. The number of furan rings is 1. The van der Waals surface area contributed by atoms with Gasteiger partial charge in [-0.15, -0.1) is 0 Å². The lowest BCUT2D eigenvalue weighted by atomic mass is 9.64. The van der Waals surface area contributed by atoms with E-state index in [2.05, 4.69) is 127 Å².